The molecule has 21 heavy (non-hydrogen) atoms. The van der Waals surface area contributed by atoms with Gasteiger partial charge in [-0.1, -0.05) is 39.5 Å². The minimum absolute atomic E-state index is 0.685. The van der Waals surface area contributed by atoms with Gasteiger partial charge < -0.3 is 10.2 Å². The van der Waals surface area contributed by atoms with E-state index >= 15 is 0 Å². The molecule has 3 heteroatoms. The average Bonchev–Trinajstić information content (AvgIpc) is 2.76. The Kier molecular flexibility index (Phi) is 6.50. The number of hydrogen-bond acceptors (Lipinski definition) is 3. The Morgan fingerprint density at radius 2 is 1.95 bits per heavy atom. The van der Waals surface area contributed by atoms with Crippen molar-refractivity contribution in [3.63, 3.8) is 0 Å². The summed E-state index contributed by atoms with van der Waals surface area (Å²) in [6.45, 7) is 6.46. The lowest BCUT2D eigenvalue weighted by Crippen LogP contribution is -2.32. The topological polar surface area (TPSA) is 28.2 Å². The molecular weight excluding hydrogens is 258 g/mol. The van der Waals surface area contributed by atoms with Gasteiger partial charge in [0.15, 0.2) is 0 Å². The smallest absolute Gasteiger partial charge is 0.0442 e. The minimum Gasteiger partial charge on any atom is -0.371 e. The molecule has 0 atom stereocenters. The minimum atomic E-state index is 0.685. The van der Waals surface area contributed by atoms with Crippen molar-refractivity contribution in [2.24, 2.45) is 5.92 Å². The van der Waals surface area contributed by atoms with Crippen LogP contribution in [0, 0.1) is 5.92 Å². The van der Waals surface area contributed by atoms with Crippen LogP contribution in [0.4, 0.5) is 5.69 Å². The lowest BCUT2D eigenvalue weighted by atomic mass is 10.1. The van der Waals surface area contributed by atoms with Gasteiger partial charge in [0.2, 0.25) is 0 Å². The van der Waals surface area contributed by atoms with Crippen LogP contribution in [0.3, 0.4) is 0 Å². The van der Waals surface area contributed by atoms with E-state index in [-0.39, 0.29) is 0 Å². The summed E-state index contributed by atoms with van der Waals surface area (Å²) in [4.78, 5) is 6.82. The van der Waals surface area contributed by atoms with Gasteiger partial charge in [-0.05, 0) is 31.4 Å². The third-order valence-electron chi connectivity index (χ3n) is 4.50. The van der Waals surface area contributed by atoms with Crippen molar-refractivity contribution in [1.29, 1.82) is 0 Å². The third kappa shape index (κ3) is 4.99. The monoisotopic (exact) mass is 289 g/mol. The Hall–Kier alpha value is -1.09. The molecule has 0 bridgehead atoms. The summed E-state index contributed by atoms with van der Waals surface area (Å²) in [6, 6.07) is 2.87. The van der Waals surface area contributed by atoms with E-state index in [0.29, 0.717) is 12.0 Å². The molecule has 1 aliphatic carbocycles. The Labute approximate surface area is 130 Å². The van der Waals surface area contributed by atoms with Gasteiger partial charge in [-0.25, -0.2) is 0 Å². The number of aromatic nitrogens is 1. The molecule has 1 saturated carbocycles. The van der Waals surface area contributed by atoms with Gasteiger partial charge in [-0.3, -0.25) is 4.98 Å². The van der Waals surface area contributed by atoms with E-state index in [2.05, 4.69) is 42.2 Å². The molecule has 1 aromatic heterocycles. The van der Waals surface area contributed by atoms with E-state index in [4.69, 9.17) is 0 Å². The number of hydrogen-bond donors (Lipinski definition) is 1. The summed E-state index contributed by atoms with van der Waals surface area (Å²) in [5.41, 5.74) is 2.68. The van der Waals surface area contributed by atoms with E-state index in [0.717, 1.165) is 13.1 Å². The lowest BCUT2D eigenvalue weighted by Gasteiger charge is -2.31. The van der Waals surface area contributed by atoms with Crippen molar-refractivity contribution >= 4 is 5.69 Å². The predicted molar refractivity (Wildman–Crippen MR) is 90.7 cm³/mol. The molecule has 2 rings (SSSR count). The molecule has 1 aliphatic rings. The summed E-state index contributed by atoms with van der Waals surface area (Å²) < 4.78 is 0. The average molecular weight is 289 g/mol. The predicted octanol–water partition coefficient (Wildman–Crippen LogP) is 3.99. The highest BCUT2D eigenvalue weighted by Gasteiger charge is 2.19. The van der Waals surface area contributed by atoms with Crippen LogP contribution in [-0.2, 0) is 6.54 Å². The molecule has 0 unspecified atom stereocenters. The molecule has 0 saturated heterocycles. The third-order valence-corrected chi connectivity index (χ3v) is 4.50. The first-order valence-corrected chi connectivity index (χ1v) is 8.55. The maximum atomic E-state index is 4.32. The second-order valence-corrected chi connectivity index (χ2v) is 6.79. The quantitative estimate of drug-likeness (QED) is 0.803. The molecule has 1 heterocycles. The fourth-order valence-electron chi connectivity index (χ4n) is 3.24. The van der Waals surface area contributed by atoms with E-state index < -0.39 is 0 Å². The lowest BCUT2D eigenvalue weighted by molar-refractivity contribution is 0.540. The zero-order valence-electron chi connectivity index (χ0n) is 13.9. The van der Waals surface area contributed by atoms with E-state index in [1.165, 1.54) is 49.8 Å². The van der Waals surface area contributed by atoms with E-state index in [1.807, 2.05) is 12.4 Å². The maximum absolute atomic E-state index is 4.32. The van der Waals surface area contributed by atoms with Gasteiger partial charge in [-0.2, -0.15) is 0 Å². The van der Waals surface area contributed by atoms with Crippen LogP contribution in [-0.4, -0.2) is 24.6 Å². The molecule has 1 aromatic rings. The SMILES string of the molecule is CC(C)CNCc1cnccc1N(C)C1CCCCCC1. The highest BCUT2D eigenvalue weighted by atomic mass is 15.1. The van der Waals surface area contributed by atoms with Gasteiger partial charge in [0, 0.05) is 43.3 Å². The number of nitrogens with zero attached hydrogens (tertiary/aromatic N) is 2. The fourth-order valence-corrected chi connectivity index (χ4v) is 3.24. The van der Waals surface area contributed by atoms with Gasteiger partial charge in [-0.15, -0.1) is 0 Å². The highest BCUT2D eigenvalue weighted by molar-refractivity contribution is 5.52. The fraction of sp³-hybridized carbons (Fsp3) is 0.722. The second kappa shape index (κ2) is 8.38. The first-order chi connectivity index (χ1) is 10.2. The van der Waals surface area contributed by atoms with Crippen LogP contribution < -0.4 is 10.2 Å². The van der Waals surface area contributed by atoms with Crippen LogP contribution in [0.25, 0.3) is 0 Å². The largest absolute Gasteiger partial charge is 0.371 e. The molecule has 3 nitrogen and oxygen atoms in total. The zero-order chi connectivity index (χ0) is 15.1. The van der Waals surface area contributed by atoms with Crippen molar-refractivity contribution in [3.05, 3.63) is 24.0 Å². The molecule has 0 amide bonds. The number of nitrogens with one attached hydrogen (secondary N) is 1. The molecule has 1 N–H and O–H groups in total. The van der Waals surface area contributed by atoms with Gasteiger partial charge in [0.05, 0.1) is 0 Å². The molecule has 1 fully saturated rings. The van der Waals surface area contributed by atoms with Crippen LogP contribution in [0.15, 0.2) is 18.5 Å². The Morgan fingerprint density at radius 3 is 2.62 bits per heavy atom. The van der Waals surface area contributed by atoms with E-state index in [9.17, 15) is 0 Å². The maximum Gasteiger partial charge on any atom is 0.0442 e. The first-order valence-electron chi connectivity index (χ1n) is 8.55. The molecule has 0 aliphatic heterocycles. The molecule has 118 valence electrons. The van der Waals surface area contributed by atoms with Crippen molar-refractivity contribution in [2.45, 2.75) is 65.0 Å². The summed E-state index contributed by atoms with van der Waals surface area (Å²) >= 11 is 0. The van der Waals surface area contributed by atoms with E-state index in [1.54, 1.807) is 0 Å². The number of pyridine rings is 1. The van der Waals surface area contributed by atoms with Gasteiger partial charge >= 0.3 is 0 Å². The normalized spacial score (nSPS) is 17.0. The van der Waals surface area contributed by atoms with Gasteiger partial charge in [0.25, 0.3) is 0 Å². The molecule has 0 aromatic carbocycles. The van der Waals surface area contributed by atoms with Crippen LogP contribution in [0.1, 0.15) is 57.9 Å². The Bertz CT molecular complexity index is 409. The highest BCUT2D eigenvalue weighted by Crippen LogP contribution is 2.27. The molecule has 0 radical (unpaired) electrons. The van der Waals surface area contributed by atoms with Crippen LogP contribution in [0.2, 0.25) is 0 Å². The molecule has 0 spiro atoms. The Balaban J connectivity index is 2.03. The standard InChI is InChI=1S/C18H31N3/c1-15(2)12-20-14-16-13-19-11-10-18(16)21(3)17-8-6-4-5-7-9-17/h10-11,13,15,17,20H,4-9,12,14H2,1-3H3. The summed E-state index contributed by atoms with van der Waals surface area (Å²) in [5.74, 6) is 0.685. The second-order valence-electron chi connectivity index (χ2n) is 6.79. The Morgan fingerprint density at radius 1 is 1.24 bits per heavy atom. The van der Waals surface area contributed by atoms with Crippen molar-refractivity contribution in [2.75, 3.05) is 18.5 Å². The van der Waals surface area contributed by atoms with Crippen LogP contribution >= 0.6 is 0 Å². The number of anilines is 1. The van der Waals surface area contributed by atoms with Crippen LogP contribution in [0.5, 0.6) is 0 Å². The zero-order valence-corrected chi connectivity index (χ0v) is 13.9. The summed E-state index contributed by atoms with van der Waals surface area (Å²) in [6.07, 6.45) is 12.2. The van der Waals surface area contributed by atoms with Crippen molar-refractivity contribution in [3.8, 4) is 0 Å². The summed E-state index contributed by atoms with van der Waals surface area (Å²) in [5, 5.41) is 3.54. The number of rotatable bonds is 6. The first kappa shape index (κ1) is 16.3. The summed E-state index contributed by atoms with van der Waals surface area (Å²) in [7, 11) is 2.26. The van der Waals surface area contributed by atoms with Crippen molar-refractivity contribution < 1.29 is 0 Å². The molecular formula is C18H31N3. The van der Waals surface area contributed by atoms with Gasteiger partial charge in [0.1, 0.15) is 0 Å². The van der Waals surface area contributed by atoms with Crippen molar-refractivity contribution in [1.82, 2.24) is 10.3 Å².